The van der Waals surface area contributed by atoms with Gasteiger partial charge in [0.2, 0.25) is 0 Å². The molecule has 0 aromatic heterocycles. The highest BCUT2D eigenvalue weighted by Crippen LogP contribution is 2.14. The Kier molecular flexibility index (Phi) is 9.48. The van der Waals surface area contributed by atoms with Gasteiger partial charge in [0.05, 0.1) is 6.61 Å². The van der Waals surface area contributed by atoms with Crippen LogP contribution in [0.5, 0.6) is 0 Å². The molecule has 1 atom stereocenters. The van der Waals surface area contributed by atoms with Crippen molar-refractivity contribution in [2.24, 2.45) is 5.92 Å². The van der Waals surface area contributed by atoms with Crippen LogP contribution in [-0.4, -0.2) is 65.1 Å². The fourth-order valence-electron chi connectivity index (χ4n) is 2.55. The molecular weight excluding hydrogens is 228 g/mol. The number of nitrogens with one attached hydrogen (secondary N) is 1. The zero-order valence-corrected chi connectivity index (χ0v) is 12.1. The van der Waals surface area contributed by atoms with Gasteiger partial charge < -0.3 is 19.7 Å². The minimum Gasteiger partial charge on any atom is -0.385 e. The summed E-state index contributed by atoms with van der Waals surface area (Å²) < 4.78 is 10.3. The summed E-state index contributed by atoms with van der Waals surface area (Å²) in [6.07, 6.45) is 5.15. The molecule has 4 nitrogen and oxygen atoms in total. The van der Waals surface area contributed by atoms with Crippen LogP contribution in [0.2, 0.25) is 0 Å². The molecule has 1 aliphatic rings. The third-order valence-electron chi connectivity index (χ3n) is 3.68. The summed E-state index contributed by atoms with van der Waals surface area (Å²) in [6, 6.07) is 0. The van der Waals surface area contributed by atoms with E-state index in [2.05, 4.69) is 10.2 Å². The normalized spacial score (nSPS) is 19.8. The van der Waals surface area contributed by atoms with Gasteiger partial charge >= 0.3 is 0 Å². The molecule has 0 aliphatic carbocycles. The number of rotatable bonds is 11. The van der Waals surface area contributed by atoms with Crippen LogP contribution >= 0.6 is 0 Å². The SMILES string of the molecule is COCCCN(CCCC1CCNC1)CCOC. The molecule has 0 aromatic carbocycles. The fraction of sp³-hybridized carbons (Fsp3) is 1.00. The highest BCUT2D eigenvalue weighted by atomic mass is 16.5. The van der Waals surface area contributed by atoms with Crippen molar-refractivity contribution in [3.63, 3.8) is 0 Å². The molecule has 0 radical (unpaired) electrons. The van der Waals surface area contributed by atoms with E-state index in [1.54, 1.807) is 14.2 Å². The smallest absolute Gasteiger partial charge is 0.0589 e. The molecular formula is C14H30N2O2. The monoisotopic (exact) mass is 258 g/mol. The lowest BCUT2D eigenvalue weighted by Gasteiger charge is -2.22. The predicted molar refractivity (Wildman–Crippen MR) is 75.0 cm³/mol. The van der Waals surface area contributed by atoms with E-state index in [0.29, 0.717) is 0 Å². The van der Waals surface area contributed by atoms with E-state index in [9.17, 15) is 0 Å². The highest BCUT2D eigenvalue weighted by Gasteiger charge is 2.14. The molecule has 0 saturated carbocycles. The Bertz CT molecular complexity index is 185. The van der Waals surface area contributed by atoms with Crippen molar-refractivity contribution in [2.45, 2.75) is 25.7 Å². The lowest BCUT2D eigenvalue weighted by Crippen LogP contribution is -2.30. The molecule has 1 heterocycles. The van der Waals surface area contributed by atoms with Crippen molar-refractivity contribution in [2.75, 3.05) is 60.2 Å². The van der Waals surface area contributed by atoms with Gasteiger partial charge in [-0.3, -0.25) is 0 Å². The number of ether oxygens (including phenoxy) is 2. The van der Waals surface area contributed by atoms with Crippen LogP contribution in [0.1, 0.15) is 25.7 Å². The van der Waals surface area contributed by atoms with Crippen molar-refractivity contribution in [3.05, 3.63) is 0 Å². The average molecular weight is 258 g/mol. The van der Waals surface area contributed by atoms with Crippen LogP contribution in [0.15, 0.2) is 0 Å². The lowest BCUT2D eigenvalue weighted by atomic mass is 10.0. The van der Waals surface area contributed by atoms with Crippen LogP contribution in [0, 0.1) is 5.92 Å². The van der Waals surface area contributed by atoms with Crippen molar-refractivity contribution in [3.8, 4) is 0 Å². The third-order valence-corrected chi connectivity index (χ3v) is 3.68. The topological polar surface area (TPSA) is 33.7 Å². The van der Waals surface area contributed by atoms with E-state index >= 15 is 0 Å². The molecule has 0 spiro atoms. The van der Waals surface area contributed by atoms with Crippen LogP contribution in [0.25, 0.3) is 0 Å². The first-order valence-electron chi connectivity index (χ1n) is 7.27. The van der Waals surface area contributed by atoms with Gasteiger partial charge in [0.1, 0.15) is 0 Å². The van der Waals surface area contributed by atoms with E-state index in [1.165, 1.54) is 38.9 Å². The first-order valence-corrected chi connectivity index (χ1v) is 7.27. The predicted octanol–water partition coefficient (Wildman–Crippen LogP) is 1.36. The highest BCUT2D eigenvalue weighted by molar-refractivity contribution is 4.71. The number of hydrogen-bond acceptors (Lipinski definition) is 4. The summed E-state index contributed by atoms with van der Waals surface area (Å²) in [4.78, 5) is 2.50. The van der Waals surface area contributed by atoms with Gasteiger partial charge in [-0.2, -0.15) is 0 Å². The van der Waals surface area contributed by atoms with E-state index in [-0.39, 0.29) is 0 Å². The summed E-state index contributed by atoms with van der Waals surface area (Å²) in [5.74, 6) is 0.910. The Hall–Kier alpha value is -0.160. The molecule has 0 bridgehead atoms. The van der Waals surface area contributed by atoms with Crippen molar-refractivity contribution >= 4 is 0 Å². The van der Waals surface area contributed by atoms with Crippen LogP contribution in [0.3, 0.4) is 0 Å². The molecule has 4 heteroatoms. The van der Waals surface area contributed by atoms with Crippen LogP contribution in [-0.2, 0) is 9.47 Å². The zero-order valence-electron chi connectivity index (χ0n) is 12.1. The number of nitrogens with zero attached hydrogens (tertiary/aromatic N) is 1. The molecule has 1 aliphatic heterocycles. The number of methoxy groups -OCH3 is 2. The minimum atomic E-state index is 0.831. The quantitative estimate of drug-likeness (QED) is 0.567. The standard InChI is InChI=1S/C14H30N2O2/c1-17-11-4-9-16(10-12-18-2)8-3-5-14-6-7-15-13-14/h14-15H,3-13H2,1-2H3. The largest absolute Gasteiger partial charge is 0.385 e. The summed E-state index contributed by atoms with van der Waals surface area (Å²) in [6.45, 7) is 7.49. The Morgan fingerprint density at radius 2 is 1.83 bits per heavy atom. The molecule has 1 N–H and O–H groups in total. The average Bonchev–Trinajstić information content (AvgIpc) is 2.88. The molecule has 0 aromatic rings. The second-order valence-corrected chi connectivity index (χ2v) is 5.18. The first-order chi connectivity index (χ1) is 8.86. The van der Waals surface area contributed by atoms with E-state index in [4.69, 9.17) is 9.47 Å². The second-order valence-electron chi connectivity index (χ2n) is 5.18. The van der Waals surface area contributed by atoms with E-state index in [0.717, 1.165) is 38.6 Å². The first kappa shape index (κ1) is 15.9. The maximum atomic E-state index is 5.18. The molecule has 1 fully saturated rings. The Balaban J connectivity index is 2.08. The van der Waals surface area contributed by atoms with Gasteiger partial charge in [-0.1, -0.05) is 0 Å². The Morgan fingerprint density at radius 1 is 1.06 bits per heavy atom. The molecule has 108 valence electrons. The van der Waals surface area contributed by atoms with Crippen molar-refractivity contribution in [1.82, 2.24) is 10.2 Å². The van der Waals surface area contributed by atoms with Gasteiger partial charge in [0.15, 0.2) is 0 Å². The van der Waals surface area contributed by atoms with Crippen molar-refractivity contribution in [1.29, 1.82) is 0 Å². The van der Waals surface area contributed by atoms with Gasteiger partial charge in [0.25, 0.3) is 0 Å². The summed E-state index contributed by atoms with van der Waals surface area (Å²) >= 11 is 0. The maximum absolute atomic E-state index is 5.18. The van der Waals surface area contributed by atoms with Crippen LogP contribution in [0.4, 0.5) is 0 Å². The lowest BCUT2D eigenvalue weighted by molar-refractivity contribution is 0.131. The Labute approximate surface area is 112 Å². The summed E-state index contributed by atoms with van der Waals surface area (Å²) in [7, 11) is 3.55. The molecule has 1 unspecified atom stereocenters. The number of hydrogen-bond donors (Lipinski definition) is 1. The van der Waals surface area contributed by atoms with Crippen LogP contribution < -0.4 is 5.32 Å². The minimum absolute atomic E-state index is 0.831. The van der Waals surface area contributed by atoms with E-state index in [1.807, 2.05) is 0 Å². The third kappa shape index (κ3) is 7.31. The zero-order chi connectivity index (χ0) is 13.1. The van der Waals surface area contributed by atoms with Gasteiger partial charge in [-0.15, -0.1) is 0 Å². The van der Waals surface area contributed by atoms with Crippen molar-refractivity contribution < 1.29 is 9.47 Å². The molecule has 1 saturated heterocycles. The maximum Gasteiger partial charge on any atom is 0.0589 e. The fourth-order valence-corrected chi connectivity index (χ4v) is 2.55. The van der Waals surface area contributed by atoms with Gasteiger partial charge in [-0.05, 0) is 51.2 Å². The van der Waals surface area contributed by atoms with Gasteiger partial charge in [0, 0.05) is 33.9 Å². The van der Waals surface area contributed by atoms with E-state index < -0.39 is 0 Å². The molecule has 0 amide bonds. The molecule has 18 heavy (non-hydrogen) atoms. The Morgan fingerprint density at radius 3 is 2.50 bits per heavy atom. The van der Waals surface area contributed by atoms with Gasteiger partial charge in [-0.25, -0.2) is 0 Å². The summed E-state index contributed by atoms with van der Waals surface area (Å²) in [5, 5.41) is 3.44. The summed E-state index contributed by atoms with van der Waals surface area (Å²) in [5.41, 5.74) is 0. The second kappa shape index (κ2) is 10.7. The molecule has 1 rings (SSSR count).